The van der Waals surface area contributed by atoms with Crippen molar-refractivity contribution in [2.24, 2.45) is 0 Å². The van der Waals surface area contributed by atoms with Crippen LogP contribution < -0.4 is 5.73 Å². The van der Waals surface area contributed by atoms with E-state index in [0.717, 1.165) is 6.42 Å². The number of rotatable bonds is 5. The van der Waals surface area contributed by atoms with Gasteiger partial charge in [0, 0.05) is 12.6 Å². The molecule has 0 saturated heterocycles. The lowest BCUT2D eigenvalue weighted by Crippen LogP contribution is -2.37. The van der Waals surface area contributed by atoms with Crippen molar-refractivity contribution in [1.82, 2.24) is 4.31 Å². The minimum Gasteiger partial charge on any atom is -0.396 e. The van der Waals surface area contributed by atoms with Gasteiger partial charge in [-0.3, -0.25) is 0 Å². The highest BCUT2D eigenvalue weighted by Gasteiger charge is 2.29. The molecular weight excluding hydrogens is 307 g/mol. The summed E-state index contributed by atoms with van der Waals surface area (Å²) in [6.45, 7) is 5.99. The third-order valence-corrected chi connectivity index (χ3v) is 5.66. The van der Waals surface area contributed by atoms with Crippen molar-refractivity contribution in [2.45, 2.75) is 38.1 Å². The summed E-state index contributed by atoms with van der Waals surface area (Å²) in [7, 11) is -3.67. The molecule has 2 N–H and O–H groups in total. The van der Waals surface area contributed by atoms with E-state index in [1.807, 2.05) is 20.8 Å². The molecule has 1 aromatic rings. The van der Waals surface area contributed by atoms with Gasteiger partial charge in [-0.15, -0.1) is 0 Å². The topological polar surface area (TPSA) is 63.4 Å². The van der Waals surface area contributed by atoms with Crippen molar-refractivity contribution in [2.75, 3.05) is 12.3 Å². The molecule has 0 fully saturated rings. The van der Waals surface area contributed by atoms with Gasteiger partial charge in [-0.1, -0.05) is 30.1 Å². The second-order valence-corrected chi connectivity index (χ2v) is 7.13. The van der Waals surface area contributed by atoms with Crippen LogP contribution in [-0.4, -0.2) is 25.3 Å². The number of benzene rings is 1. The zero-order valence-corrected chi connectivity index (χ0v) is 13.5. The van der Waals surface area contributed by atoms with Gasteiger partial charge in [0.25, 0.3) is 0 Å². The molecule has 0 amide bonds. The summed E-state index contributed by atoms with van der Waals surface area (Å²) < 4.78 is 26.6. The van der Waals surface area contributed by atoms with Crippen LogP contribution >= 0.6 is 23.2 Å². The molecule has 0 aliphatic carbocycles. The monoisotopic (exact) mass is 324 g/mol. The van der Waals surface area contributed by atoms with Gasteiger partial charge in [0.05, 0.1) is 15.7 Å². The third-order valence-electron chi connectivity index (χ3n) is 2.70. The fraction of sp³-hybridized carbons (Fsp3) is 0.500. The van der Waals surface area contributed by atoms with E-state index < -0.39 is 10.0 Å². The number of anilines is 1. The smallest absolute Gasteiger partial charge is 0.244 e. The molecule has 4 nitrogen and oxygen atoms in total. The minimum absolute atomic E-state index is 0.00165. The van der Waals surface area contributed by atoms with Crippen molar-refractivity contribution in [3.63, 3.8) is 0 Å². The summed E-state index contributed by atoms with van der Waals surface area (Å²) in [4.78, 5) is -0.00165. The highest BCUT2D eigenvalue weighted by atomic mass is 35.5. The molecular formula is C12H18Cl2N2O2S. The van der Waals surface area contributed by atoms with E-state index in [4.69, 9.17) is 28.9 Å². The molecule has 0 bridgehead atoms. The molecule has 0 atom stereocenters. The van der Waals surface area contributed by atoms with Crippen LogP contribution in [0.15, 0.2) is 17.0 Å². The second kappa shape index (κ2) is 6.31. The summed E-state index contributed by atoms with van der Waals surface area (Å²) >= 11 is 11.8. The lowest BCUT2D eigenvalue weighted by molar-refractivity contribution is 0.354. The fourth-order valence-electron chi connectivity index (χ4n) is 1.75. The number of hydrogen-bond donors (Lipinski definition) is 1. The average Bonchev–Trinajstić information content (AvgIpc) is 2.32. The largest absolute Gasteiger partial charge is 0.396 e. The maximum absolute atomic E-state index is 12.6. The number of nitrogens with two attached hydrogens (primary N) is 1. The lowest BCUT2D eigenvalue weighted by atomic mass is 10.3. The molecule has 0 aromatic heterocycles. The molecule has 7 heteroatoms. The molecule has 0 radical (unpaired) electrons. The Morgan fingerprint density at radius 2 is 1.89 bits per heavy atom. The lowest BCUT2D eigenvalue weighted by Gasteiger charge is -2.26. The average molecular weight is 325 g/mol. The van der Waals surface area contributed by atoms with Gasteiger partial charge < -0.3 is 5.73 Å². The zero-order valence-electron chi connectivity index (χ0n) is 11.2. The van der Waals surface area contributed by atoms with Crippen molar-refractivity contribution >= 4 is 38.9 Å². The van der Waals surface area contributed by atoms with Crippen molar-refractivity contribution in [3.05, 3.63) is 22.2 Å². The zero-order chi connectivity index (χ0) is 14.8. The van der Waals surface area contributed by atoms with Crippen LogP contribution in [0.25, 0.3) is 0 Å². The molecule has 0 heterocycles. The van der Waals surface area contributed by atoms with Gasteiger partial charge >= 0.3 is 0 Å². The number of nitrogen functional groups attached to an aromatic ring is 1. The van der Waals surface area contributed by atoms with Crippen LogP contribution in [0.4, 0.5) is 5.69 Å². The normalized spacial score (nSPS) is 12.4. The van der Waals surface area contributed by atoms with E-state index >= 15 is 0 Å². The van der Waals surface area contributed by atoms with Crippen LogP contribution in [0, 0.1) is 0 Å². The fourth-order valence-corrected chi connectivity index (χ4v) is 4.22. The summed E-state index contributed by atoms with van der Waals surface area (Å²) in [5.41, 5.74) is 5.77. The van der Waals surface area contributed by atoms with Gasteiger partial charge in [-0.25, -0.2) is 8.42 Å². The summed E-state index contributed by atoms with van der Waals surface area (Å²) in [5.74, 6) is 0. The van der Waals surface area contributed by atoms with Crippen molar-refractivity contribution in [1.29, 1.82) is 0 Å². The first-order valence-corrected chi connectivity index (χ1v) is 8.18. The maximum Gasteiger partial charge on any atom is 0.244 e. The van der Waals surface area contributed by atoms with Gasteiger partial charge in [0.2, 0.25) is 10.0 Å². The quantitative estimate of drug-likeness (QED) is 0.844. The Morgan fingerprint density at radius 3 is 2.37 bits per heavy atom. The third kappa shape index (κ3) is 3.34. The number of sulfonamides is 1. The highest BCUT2D eigenvalue weighted by molar-refractivity contribution is 7.89. The SMILES string of the molecule is CCCN(C(C)C)S(=O)(=O)c1ccc(Cl)c(N)c1Cl. The van der Waals surface area contributed by atoms with E-state index in [0.29, 0.717) is 6.54 Å². The van der Waals surface area contributed by atoms with E-state index in [1.165, 1.54) is 16.4 Å². The van der Waals surface area contributed by atoms with E-state index in [-0.39, 0.29) is 26.7 Å². The summed E-state index contributed by atoms with van der Waals surface area (Å²) in [6.07, 6.45) is 0.720. The molecule has 1 aromatic carbocycles. The first-order valence-electron chi connectivity index (χ1n) is 5.98. The Hall–Kier alpha value is -0.490. The van der Waals surface area contributed by atoms with Gasteiger partial charge in [-0.2, -0.15) is 4.31 Å². The minimum atomic E-state index is -3.67. The Labute approximate surface area is 124 Å². The molecule has 0 aliphatic rings. The van der Waals surface area contributed by atoms with Crippen molar-refractivity contribution in [3.8, 4) is 0 Å². The second-order valence-electron chi connectivity index (χ2n) is 4.48. The number of halogens is 2. The Kier molecular flexibility index (Phi) is 5.50. The maximum atomic E-state index is 12.6. The first kappa shape index (κ1) is 16.6. The molecule has 0 saturated carbocycles. The molecule has 1 rings (SSSR count). The number of nitrogens with zero attached hydrogens (tertiary/aromatic N) is 1. The predicted molar refractivity (Wildman–Crippen MR) is 80.2 cm³/mol. The molecule has 108 valence electrons. The summed E-state index contributed by atoms with van der Waals surface area (Å²) in [6, 6.07) is 2.68. The van der Waals surface area contributed by atoms with E-state index in [1.54, 1.807) is 0 Å². The Bertz CT molecular complexity index is 559. The van der Waals surface area contributed by atoms with E-state index in [9.17, 15) is 8.42 Å². The summed E-state index contributed by atoms with van der Waals surface area (Å²) in [5, 5.41) is 0.227. The van der Waals surface area contributed by atoms with Gasteiger partial charge in [0.15, 0.2) is 0 Å². The first-order chi connectivity index (χ1) is 8.73. The molecule has 0 spiro atoms. The van der Waals surface area contributed by atoms with Crippen LogP contribution in [0.1, 0.15) is 27.2 Å². The van der Waals surface area contributed by atoms with Crippen molar-refractivity contribution < 1.29 is 8.42 Å². The van der Waals surface area contributed by atoms with Crippen LogP contribution in [0.2, 0.25) is 10.0 Å². The standard InChI is InChI=1S/C12H18Cl2N2O2S/c1-4-7-16(8(2)3)19(17,18)10-6-5-9(13)12(15)11(10)14/h5-6,8H,4,7,15H2,1-3H3. The van der Waals surface area contributed by atoms with E-state index in [2.05, 4.69) is 0 Å². The van der Waals surface area contributed by atoms with Crippen LogP contribution in [0.3, 0.4) is 0 Å². The van der Waals surface area contributed by atoms with Crippen LogP contribution in [-0.2, 0) is 10.0 Å². The van der Waals surface area contributed by atoms with Gasteiger partial charge in [-0.05, 0) is 32.4 Å². The predicted octanol–water partition coefficient (Wildman–Crippen LogP) is 3.38. The highest BCUT2D eigenvalue weighted by Crippen LogP contribution is 2.34. The van der Waals surface area contributed by atoms with Crippen LogP contribution in [0.5, 0.6) is 0 Å². The number of hydrogen-bond acceptors (Lipinski definition) is 3. The molecule has 0 aliphatic heterocycles. The Balaban J connectivity index is 3.38. The molecule has 19 heavy (non-hydrogen) atoms. The molecule has 0 unspecified atom stereocenters. The Morgan fingerprint density at radius 1 is 1.32 bits per heavy atom. The van der Waals surface area contributed by atoms with Gasteiger partial charge in [0.1, 0.15) is 4.90 Å².